The number of carbonyl (C=O) groups is 2. The number of ether oxygens (including phenoxy) is 1. The Bertz CT molecular complexity index is 1400. The average Bonchev–Trinajstić information content (AvgIpc) is 3.16. The molecule has 0 bridgehead atoms. The zero-order valence-corrected chi connectivity index (χ0v) is 21.5. The molecule has 0 fully saturated rings. The minimum absolute atomic E-state index is 0.211. The Hall–Kier alpha value is -4.10. The van der Waals surface area contributed by atoms with Crippen molar-refractivity contribution in [3.63, 3.8) is 0 Å². The van der Waals surface area contributed by atoms with Gasteiger partial charge in [-0.1, -0.05) is 72.3 Å². The molecule has 0 saturated heterocycles. The monoisotopic (exact) mass is 516 g/mol. The Morgan fingerprint density at radius 1 is 1.00 bits per heavy atom. The van der Waals surface area contributed by atoms with Crippen molar-refractivity contribution in [1.29, 1.82) is 0 Å². The van der Waals surface area contributed by atoms with Gasteiger partial charge in [0.05, 0.1) is 12.8 Å². The summed E-state index contributed by atoms with van der Waals surface area (Å²) in [5, 5.41) is 8.61. The van der Waals surface area contributed by atoms with E-state index in [2.05, 4.69) is 26.5 Å². The van der Waals surface area contributed by atoms with Crippen molar-refractivity contribution >= 4 is 40.7 Å². The lowest BCUT2D eigenvalue weighted by molar-refractivity contribution is -0.123. The number of hydrogen-bond acceptors (Lipinski definition) is 4. The molecule has 37 heavy (non-hydrogen) atoms. The Morgan fingerprint density at radius 2 is 1.70 bits per heavy atom. The summed E-state index contributed by atoms with van der Waals surface area (Å²) in [7, 11) is 0. The highest BCUT2D eigenvalue weighted by atomic mass is 35.5. The molecular formula is C29H29ClN4O3. The van der Waals surface area contributed by atoms with Crippen molar-refractivity contribution in [3.8, 4) is 0 Å². The summed E-state index contributed by atoms with van der Waals surface area (Å²) in [5.41, 5.74) is 7.61. The van der Waals surface area contributed by atoms with Crippen LogP contribution in [0.15, 0.2) is 84.0 Å². The predicted molar refractivity (Wildman–Crippen MR) is 147 cm³/mol. The molecule has 4 aromatic rings. The highest BCUT2D eigenvalue weighted by Gasteiger charge is 2.22. The van der Waals surface area contributed by atoms with Gasteiger partial charge in [-0.05, 0) is 43.2 Å². The predicted octanol–water partition coefficient (Wildman–Crippen LogP) is 5.46. The maximum absolute atomic E-state index is 13.0. The van der Waals surface area contributed by atoms with Crippen LogP contribution in [0.5, 0.6) is 0 Å². The Morgan fingerprint density at radius 3 is 2.43 bits per heavy atom. The van der Waals surface area contributed by atoms with Crippen LogP contribution in [0.4, 0.5) is 4.79 Å². The van der Waals surface area contributed by atoms with Crippen LogP contribution in [0.3, 0.4) is 0 Å². The maximum Gasteiger partial charge on any atom is 0.407 e. The largest absolute Gasteiger partial charge is 0.450 e. The van der Waals surface area contributed by atoms with Gasteiger partial charge in [0.1, 0.15) is 6.04 Å². The molecule has 1 heterocycles. The van der Waals surface area contributed by atoms with Gasteiger partial charge in [0.2, 0.25) is 0 Å². The molecule has 8 heteroatoms. The Balaban J connectivity index is 1.54. The van der Waals surface area contributed by atoms with Crippen molar-refractivity contribution in [2.75, 3.05) is 6.61 Å². The number of hydrogen-bond donors (Lipinski definition) is 2. The highest BCUT2D eigenvalue weighted by molar-refractivity contribution is 6.30. The van der Waals surface area contributed by atoms with Crippen LogP contribution in [0.25, 0.3) is 10.9 Å². The van der Waals surface area contributed by atoms with Crippen molar-refractivity contribution < 1.29 is 14.3 Å². The zero-order chi connectivity index (χ0) is 26.2. The smallest absolute Gasteiger partial charge is 0.407 e. The molecule has 0 spiro atoms. The van der Waals surface area contributed by atoms with Crippen molar-refractivity contribution in [3.05, 3.63) is 106 Å². The van der Waals surface area contributed by atoms with Crippen molar-refractivity contribution in [2.24, 2.45) is 5.10 Å². The number of carbonyl (C=O) groups excluding carboxylic acids is 2. The van der Waals surface area contributed by atoms with Crippen LogP contribution in [0.2, 0.25) is 5.02 Å². The van der Waals surface area contributed by atoms with E-state index in [4.69, 9.17) is 16.3 Å². The maximum atomic E-state index is 13.0. The normalized spacial score (nSPS) is 12.0. The van der Waals surface area contributed by atoms with Gasteiger partial charge >= 0.3 is 6.09 Å². The molecule has 0 radical (unpaired) electrons. The van der Waals surface area contributed by atoms with Crippen LogP contribution >= 0.6 is 11.6 Å². The van der Waals surface area contributed by atoms with Gasteiger partial charge in [0.25, 0.3) is 5.91 Å². The number of para-hydroxylation sites is 1. The number of nitrogens with zero attached hydrogens (tertiary/aromatic N) is 2. The molecule has 2 amide bonds. The van der Waals surface area contributed by atoms with Crippen LogP contribution in [0, 0.1) is 6.92 Å². The minimum Gasteiger partial charge on any atom is -0.450 e. The highest BCUT2D eigenvalue weighted by Crippen LogP contribution is 2.26. The summed E-state index contributed by atoms with van der Waals surface area (Å²) in [4.78, 5) is 25.0. The van der Waals surface area contributed by atoms with Crippen molar-refractivity contribution in [2.45, 2.75) is 32.9 Å². The fourth-order valence-electron chi connectivity index (χ4n) is 4.21. The lowest BCUT2D eigenvalue weighted by Gasteiger charge is -2.16. The fourth-order valence-corrected chi connectivity index (χ4v) is 4.34. The zero-order valence-electron chi connectivity index (χ0n) is 20.8. The molecule has 0 aliphatic rings. The first-order valence-electron chi connectivity index (χ1n) is 12.1. The molecule has 1 aromatic heterocycles. The van der Waals surface area contributed by atoms with E-state index in [-0.39, 0.29) is 6.61 Å². The van der Waals surface area contributed by atoms with Gasteiger partial charge in [0.15, 0.2) is 0 Å². The Kier molecular flexibility index (Phi) is 8.59. The molecule has 1 atom stereocenters. The number of nitrogens with one attached hydrogen (secondary N) is 2. The van der Waals surface area contributed by atoms with E-state index >= 15 is 0 Å². The number of fused-ring (bicyclic) bond motifs is 1. The topological polar surface area (TPSA) is 84.7 Å². The van der Waals surface area contributed by atoms with Crippen LogP contribution in [-0.4, -0.2) is 35.4 Å². The van der Waals surface area contributed by atoms with Crippen LogP contribution in [-0.2, 0) is 22.5 Å². The summed E-state index contributed by atoms with van der Waals surface area (Å²) in [5.74, 6) is -0.435. The van der Waals surface area contributed by atoms with E-state index in [0.717, 1.165) is 33.3 Å². The fraction of sp³-hybridized carbons (Fsp3) is 0.207. The molecule has 0 saturated carbocycles. The molecule has 7 nitrogen and oxygen atoms in total. The standard InChI is InChI=1S/C29H29ClN4O3/c1-3-37-29(36)32-26(17-21-9-5-4-6-10-21)28(35)33-31-18-25-20(2)34(27-12-8-7-11-24(25)27)19-22-13-15-23(30)16-14-22/h4-16,18,26H,3,17,19H2,1-2H3,(H,32,36)(H,33,35)/b31-18-/t26-/m0/s1. The quantitative estimate of drug-likeness (QED) is 0.229. The second-order valence-corrected chi connectivity index (χ2v) is 9.01. The van der Waals surface area contributed by atoms with E-state index in [1.165, 1.54) is 0 Å². The lowest BCUT2D eigenvalue weighted by Crippen LogP contribution is -2.47. The molecule has 3 aromatic carbocycles. The molecular weight excluding hydrogens is 488 g/mol. The minimum atomic E-state index is -0.842. The molecule has 0 unspecified atom stereocenters. The first-order chi connectivity index (χ1) is 18.0. The summed E-state index contributed by atoms with van der Waals surface area (Å²) >= 11 is 6.05. The molecule has 2 N–H and O–H groups in total. The molecule has 4 rings (SSSR count). The molecule has 190 valence electrons. The second-order valence-electron chi connectivity index (χ2n) is 8.57. The third-order valence-electron chi connectivity index (χ3n) is 6.07. The van der Waals surface area contributed by atoms with Gasteiger partial charge in [-0.15, -0.1) is 0 Å². The van der Waals surface area contributed by atoms with E-state index < -0.39 is 18.0 Å². The second kappa shape index (κ2) is 12.2. The number of halogens is 1. The SMILES string of the molecule is CCOC(=O)N[C@@H](Cc1ccccc1)C(=O)N/N=C\c1c(C)n(Cc2ccc(Cl)cc2)c2ccccc12. The third kappa shape index (κ3) is 6.57. The summed E-state index contributed by atoms with van der Waals surface area (Å²) < 4.78 is 7.19. The molecule has 0 aliphatic heterocycles. The first kappa shape index (κ1) is 26.0. The van der Waals surface area contributed by atoms with Gasteiger partial charge in [-0.3, -0.25) is 4.79 Å². The van der Waals surface area contributed by atoms with E-state index in [0.29, 0.717) is 18.0 Å². The summed E-state index contributed by atoms with van der Waals surface area (Å²) in [6.07, 6.45) is 1.31. The van der Waals surface area contributed by atoms with E-state index in [1.807, 2.05) is 79.7 Å². The van der Waals surface area contributed by atoms with E-state index in [9.17, 15) is 9.59 Å². The lowest BCUT2D eigenvalue weighted by atomic mass is 10.1. The number of rotatable bonds is 9. The van der Waals surface area contributed by atoms with E-state index in [1.54, 1.807) is 13.1 Å². The number of aromatic nitrogens is 1. The number of alkyl carbamates (subject to hydrolysis) is 1. The van der Waals surface area contributed by atoms with Gasteiger partial charge in [-0.2, -0.15) is 5.10 Å². The molecule has 0 aliphatic carbocycles. The number of benzene rings is 3. The number of hydrazone groups is 1. The van der Waals surface area contributed by atoms with Gasteiger partial charge < -0.3 is 14.6 Å². The van der Waals surface area contributed by atoms with Gasteiger partial charge in [0, 0.05) is 40.1 Å². The summed E-state index contributed by atoms with van der Waals surface area (Å²) in [6.45, 7) is 4.62. The summed E-state index contributed by atoms with van der Waals surface area (Å²) in [6, 6.07) is 24.5. The van der Waals surface area contributed by atoms with Crippen molar-refractivity contribution in [1.82, 2.24) is 15.3 Å². The first-order valence-corrected chi connectivity index (χ1v) is 12.5. The van der Waals surface area contributed by atoms with Crippen LogP contribution in [0.1, 0.15) is 29.3 Å². The Labute approximate surface area is 221 Å². The van der Waals surface area contributed by atoms with Crippen LogP contribution < -0.4 is 10.7 Å². The average molecular weight is 517 g/mol. The third-order valence-corrected chi connectivity index (χ3v) is 6.32. The number of amides is 2. The van der Waals surface area contributed by atoms with Gasteiger partial charge in [-0.25, -0.2) is 10.2 Å².